The Morgan fingerprint density at radius 2 is 1.81 bits per heavy atom. The topological polar surface area (TPSA) is 122 Å². The molecule has 2 rings (SSSR count). The van der Waals surface area contributed by atoms with Crippen LogP contribution in [0.1, 0.15) is 32.3 Å². The summed E-state index contributed by atoms with van der Waals surface area (Å²) in [6.45, 7) is 2.53. The number of carbonyl (C=O) groups is 3. The fraction of sp³-hybridized carbons (Fsp3) is 0.526. The minimum atomic E-state index is -4.68. The SMILES string of the molecule is CC(C)NC(=O)NC(=O)COC(=O)C1CCN(S(=O)(=O)c2cccc(C(F)(F)F)c2)CC1. The third kappa shape index (κ3) is 6.92. The van der Waals surface area contributed by atoms with Crippen LogP contribution in [-0.4, -0.2) is 56.4 Å². The van der Waals surface area contributed by atoms with Gasteiger partial charge < -0.3 is 10.1 Å². The molecule has 32 heavy (non-hydrogen) atoms. The Balaban J connectivity index is 1.89. The van der Waals surface area contributed by atoms with E-state index >= 15 is 0 Å². The molecule has 1 heterocycles. The normalized spacial score (nSPS) is 15.9. The summed E-state index contributed by atoms with van der Waals surface area (Å²) in [5, 5.41) is 4.43. The molecule has 0 radical (unpaired) electrons. The van der Waals surface area contributed by atoms with Crippen molar-refractivity contribution in [2.45, 2.75) is 43.8 Å². The predicted molar refractivity (Wildman–Crippen MR) is 106 cm³/mol. The highest BCUT2D eigenvalue weighted by Crippen LogP contribution is 2.32. The number of amides is 3. The summed E-state index contributed by atoms with van der Waals surface area (Å²) in [6.07, 6.45) is -4.52. The summed E-state index contributed by atoms with van der Waals surface area (Å²) in [7, 11) is -4.17. The molecule has 1 aliphatic heterocycles. The first-order valence-corrected chi connectivity index (χ1v) is 11.2. The van der Waals surface area contributed by atoms with Crippen LogP contribution < -0.4 is 10.6 Å². The van der Waals surface area contributed by atoms with Gasteiger partial charge in [0.15, 0.2) is 6.61 Å². The maximum absolute atomic E-state index is 12.9. The summed E-state index contributed by atoms with van der Waals surface area (Å²) in [5.41, 5.74) is -1.07. The van der Waals surface area contributed by atoms with Gasteiger partial charge in [-0.15, -0.1) is 0 Å². The number of sulfonamides is 1. The summed E-state index contributed by atoms with van der Waals surface area (Å²) in [4.78, 5) is 34.7. The molecule has 0 atom stereocenters. The van der Waals surface area contributed by atoms with Gasteiger partial charge in [0, 0.05) is 19.1 Å². The van der Waals surface area contributed by atoms with E-state index in [-0.39, 0.29) is 32.0 Å². The van der Waals surface area contributed by atoms with E-state index in [1.165, 1.54) is 0 Å². The van der Waals surface area contributed by atoms with Gasteiger partial charge in [-0.1, -0.05) is 6.07 Å². The number of esters is 1. The van der Waals surface area contributed by atoms with Crippen LogP contribution in [0.4, 0.5) is 18.0 Å². The molecule has 0 aliphatic carbocycles. The lowest BCUT2D eigenvalue weighted by atomic mass is 9.98. The van der Waals surface area contributed by atoms with Crippen molar-refractivity contribution in [3.63, 3.8) is 0 Å². The molecule has 0 saturated carbocycles. The number of nitrogens with zero attached hydrogens (tertiary/aromatic N) is 1. The molecule has 13 heteroatoms. The number of carbonyl (C=O) groups excluding carboxylic acids is 3. The summed E-state index contributed by atoms with van der Waals surface area (Å²) < 4.78 is 69.9. The van der Waals surface area contributed by atoms with Gasteiger partial charge in [0.25, 0.3) is 5.91 Å². The first-order valence-electron chi connectivity index (χ1n) is 9.75. The minimum Gasteiger partial charge on any atom is -0.455 e. The fourth-order valence-electron chi connectivity index (χ4n) is 3.03. The first kappa shape index (κ1) is 25.6. The molecule has 1 saturated heterocycles. The fourth-order valence-corrected chi connectivity index (χ4v) is 4.55. The second kappa shape index (κ2) is 10.3. The predicted octanol–water partition coefficient (Wildman–Crippen LogP) is 1.88. The Bertz CT molecular complexity index is 957. The maximum atomic E-state index is 12.9. The lowest BCUT2D eigenvalue weighted by Crippen LogP contribution is -2.44. The van der Waals surface area contributed by atoms with Gasteiger partial charge in [0.2, 0.25) is 10.0 Å². The Labute approximate surface area is 183 Å². The second-order valence-electron chi connectivity index (χ2n) is 7.49. The van der Waals surface area contributed by atoms with Crippen molar-refractivity contribution < 1.29 is 40.7 Å². The number of benzene rings is 1. The highest BCUT2D eigenvalue weighted by atomic mass is 32.2. The molecular weight excluding hydrogens is 455 g/mol. The van der Waals surface area contributed by atoms with Crippen molar-refractivity contribution in [3.05, 3.63) is 29.8 Å². The molecule has 0 unspecified atom stereocenters. The van der Waals surface area contributed by atoms with E-state index in [4.69, 9.17) is 4.74 Å². The largest absolute Gasteiger partial charge is 0.455 e. The Hall–Kier alpha value is -2.67. The Kier molecular flexibility index (Phi) is 8.24. The van der Waals surface area contributed by atoms with Crippen molar-refractivity contribution >= 4 is 27.9 Å². The lowest BCUT2D eigenvalue weighted by Gasteiger charge is -2.30. The average molecular weight is 479 g/mol. The summed E-state index contributed by atoms with van der Waals surface area (Å²) >= 11 is 0. The number of urea groups is 1. The van der Waals surface area contributed by atoms with E-state index < -0.39 is 57.1 Å². The van der Waals surface area contributed by atoms with E-state index in [1.54, 1.807) is 13.8 Å². The molecule has 0 aromatic heterocycles. The van der Waals surface area contributed by atoms with Crippen molar-refractivity contribution in [1.29, 1.82) is 0 Å². The number of hydrogen-bond acceptors (Lipinski definition) is 6. The van der Waals surface area contributed by atoms with Gasteiger partial charge >= 0.3 is 18.2 Å². The van der Waals surface area contributed by atoms with Gasteiger partial charge in [0.1, 0.15) is 0 Å². The highest BCUT2D eigenvalue weighted by Gasteiger charge is 2.35. The zero-order valence-electron chi connectivity index (χ0n) is 17.4. The Morgan fingerprint density at radius 1 is 1.19 bits per heavy atom. The number of imide groups is 1. The smallest absolute Gasteiger partial charge is 0.416 e. The van der Waals surface area contributed by atoms with Crippen LogP contribution in [0.15, 0.2) is 29.2 Å². The maximum Gasteiger partial charge on any atom is 0.416 e. The monoisotopic (exact) mass is 479 g/mol. The van der Waals surface area contributed by atoms with E-state index in [0.717, 1.165) is 22.5 Å². The van der Waals surface area contributed by atoms with E-state index in [9.17, 15) is 36.0 Å². The van der Waals surface area contributed by atoms with Crippen LogP contribution in [0.2, 0.25) is 0 Å². The Morgan fingerprint density at radius 3 is 2.38 bits per heavy atom. The zero-order chi connectivity index (χ0) is 24.1. The summed E-state index contributed by atoms with van der Waals surface area (Å²) in [6, 6.07) is 2.54. The molecular formula is C19H24F3N3O6S. The number of alkyl halides is 3. The molecule has 1 fully saturated rings. The quantitative estimate of drug-likeness (QED) is 0.601. The minimum absolute atomic E-state index is 0.0759. The molecule has 0 bridgehead atoms. The van der Waals surface area contributed by atoms with Gasteiger partial charge in [-0.3, -0.25) is 14.9 Å². The molecule has 1 aromatic rings. The van der Waals surface area contributed by atoms with E-state index in [2.05, 4.69) is 5.32 Å². The summed E-state index contributed by atoms with van der Waals surface area (Å²) in [5.74, 6) is -2.22. The van der Waals surface area contributed by atoms with Gasteiger partial charge in [0.05, 0.1) is 16.4 Å². The molecule has 2 N–H and O–H groups in total. The third-order valence-corrected chi connectivity index (χ3v) is 6.50. The number of hydrogen-bond donors (Lipinski definition) is 2. The first-order chi connectivity index (χ1) is 14.8. The number of piperidine rings is 1. The average Bonchev–Trinajstić information content (AvgIpc) is 2.71. The van der Waals surface area contributed by atoms with Crippen molar-refractivity contribution in [2.75, 3.05) is 19.7 Å². The van der Waals surface area contributed by atoms with Gasteiger partial charge in [-0.2, -0.15) is 17.5 Å². The van der Waals surface area contributed by atoms with Gasteiger partial charge in [-0.25, -0.2) is 13.2 Å². The van der Waals surface area contributed by atoms with Crippen LogP contribution in [0.25, 0.3) is 0 Å². The number of halogens is 3. The van der Waals surface area contributed by atoms with Crippen molar-refractivity contribution in [2.24, 2.45) is 5.92 Å². The third-order valence-electron chi connectivity index (χ3n) is 4.60. The van der Waals surface area contributed by atoms with Crippen LogP contribution in [0, 0.1) is 5.92 Å². The van der Waals surface area contributed by atoms with Crippen LogP contribution in [0.3, 0.4) is 0 Å². The highest BCUT2D eigenvalue weighted by molar-refractivity contribution is 7.89. The molecule has 9 nitrogen and oxygen atoms in total. The second-order valence-corrected chi connectivity index (χ2v) is 9.43. The molecule has 0 spiro atoms. The number of nitrogens with one attached hydrogen (secondary N) is 2. The van der Waals surface area contributed by atoms with E-state index in [1.807, 2.05) is 5.32 Å². The number of rotatable bonds is 6. The molecule has 1 aromatic carbocycles. The van der Waals surface area contributed by atoms with Crippen molar-refractivity contribution in [3.8, 4) is 0 Å². The molecule has 3 amide bonds. The molecule has 1 aliphatic rings. The van der Waals surface area contributed by atoms with Crippen LogP contribution in [-0.2, 0) is 30.5 Å². The standard InChI is InChI=1S/C19H24F3N3O6S/c1-12(2)23-18(28)24-16(26)11-31-17(27)13-6-8-25(9-7-13)32(29,30)15-5-3-4-14(10-15)19(20,21)22/h3-5,10,12-13H,6-9,11H2,1-2H3,(H2,23,24,26,28). The van der Waals surface area contributed by atoms with E-state index in [0.29, 0.717) is 6.07 Å². The van der Waals surface area contributed by atoms with Gasteiger partial charge in [-0.05, 0) is 44.9 Å². The van der Waals surface area contributed by atoms with Crippen LogP contribution >= 0.6 is 0 Å². The zero-order valence-corrected chi connectivity index (χ0v) is 18.3. The van der Waals surface area contributed by atoms with Crippen LogP contribution in [0.5, 0.6) is 0 Å². The van der Waals surface area contributed by atoms with Crippen molar-refractivity contribution in [1.82, 2.24) is 14.9 Å². The molecule has 178 valence electrons. The lowest BCUT2D eigenvalue weighted by molar-refractivity contribution is -0.153. The number of ether oxygens (including phenoxy) is 1.